The Morgan fingerprint density at radius 1 is 1.42 bits per heavy atom. The van der Waals surface area contributed by atoms with E-state index in [1.807, 2.05) is 0 Å². The van der Waals surface area contributed by atoms with E-state index >= 15 is 0 Å². The average Bonchev–Trinajstić information content (AvgIpc) is 2.62. The van der Waals surface area contributed by atoms with Crippen molar-refractivity contribution < 1.29 is 4.84 Å². The van der Waals surface area contributed by atoms with Gasteiger partial charge in [-0.3, -0.25) is 9.74 Å². The van der Waals surface area contributed by atoms with Crippen molar-refractivity contribution in [1.29, 1.82) is 0 Å². The molecule has 1 heterocycles. The third kappa shape index (κ3) is 1.00. The first-order valence-electron chi connectivity index (χ1n) is 4.86. The van der Waals surface area contributed by atoms with Crippen molar-refractivity contribution in [3.63, 3.8) is 0 Å². The van der Waals surface area contributed by atoms with Crippen LogP contribution in [-0.2, 0) is 4.84 Å². The highest BCUT2D eigenvalue weighted by molar-refractivity contribution is 5.04. The molecule has 3 nitrogen and oxygen atoms in total. The largest absolute Gasteiger partial charge is 0.299 e. The molecule has 0 aromatic rings. The summed E-state index contributed by atoms with van der Waals surface area (Å²) in [7, 11) is 2.20. The number of hydrogen-bond donors (Lipinski definition) is 1. The second-order valence-corrected chi connectivity index (χ2v) is 4.15. The van der Waals surface area contributed by atoms with Gasteiger partial charge in [-0.2, -0.15) is 0 Å². The van der Waals surface area contributed by atoms with Crippen LogP contribution in [-0.4, -0.2) is 30.1 Å². The number of likely N-dealkylation sites (tertiary alicyclic amines) is 1. The molecule has 3 heteroatoms. The number of likely N-dealkylation sites (N-methyl/N-ethyl adjacent to an activating group) is 1. The Morgan fingerprint density at radius 2 is 2.17 bits per heavy atom. The maximum atomic E-state index is 5.32. The van der Waals surface area contributed by atoms with Crippen molar-refractivity contribution in [3.05, 3.63) is 0 Å². The zero-order valence-electron chi connectivity index (χ0n) is 7.75. The van der Waals surface area contributed by atoms with E-state index in [0.717, 1.165) is 6.42 Å². The first kappa shape index (κ1) is 8.48. The van der Waals surface area contributed by atoms with Crippen LogP contribution in [0.15, 0.2) is 0 Å². The van der Waals surface area contributed by atoms with Crippen LogP contribution in [0.1, 0.15) is 32.1 Å². The minimum atomic E-state index is 0.282. The fraction of sp³-hybridized carbons (Fsp3) is 1.00. The summed E-state index contributed by atoms with van der Waals surface area (Å²) in [6, 6.07) is 0. The summed E-state index contributed by atoms with van der Waals surface area (Å²) in [6.07, 6.45) is 6.53. The van der Waals surface area contributed by atoms with E-state index in [4.69, 9.17) is 10.7 Å². The lowest BCUT2D eigenvalue weighted by atomic mass is 9.92. The van der Waals surface area contributed by atoms with Gasteiger partial charge >= 0.3 is 0 Å². The van der Waals surface area contributed by atoms with Crippen LogP contribution in [0, 0.1) is 0 Å². The van der Waals surface area contributed by atoms with Crippen molar-refractivity contribution in [1.82, 2.24) is 4.90 Å². The van der Waals surface area contributed by atoms with Gasteiger partial charge < -0.3 is 0 Å². The Bertz CT molecular complexity index is 170. The molecule has 2 N–H and O–H groups in total. The highest BCUT2D eigenvalue weighted by atomic mass is 16.6. The Hall–Kier alpha value is -0.120. The molecule has 1 saturated carbocycles. The lowest BCUT2D eigenvalue weighted by Gasteiger charge is -2.36. The molecule has 1 aliphatic heterocycles. The van der Waals surface area contributed by atoms with Gasteiger partial charge in [0, 0.05) is 5.54 Å². The van der Waals surface area contributed by atoms with E-state index < -0.39 is 0 Å². The van der Waals surface area contributed by atoms with Crippen molar-refractivity contribution in [2.24, 2.45) is 5.90 Å². The topological polar surface area (TPSA) is 38.5 Å². The molecule has 0 bridgehead atoms. The smallest absolute Gasteiger partial charge is 0.0970 e. The molecule has 0 aromatic carbocycles. The zero-order valence-corrected chi connectivity index (χ0v) is 7.75. The summed E-state index contributed by atoms with van der Waals surface area (Å²) in [5, 5.41) is 0. The third-order valence-electron chi connectivity index (χ3n) is 3.70. The van der Waals surface area contributed by atoms with E-state index in [9.17, 15) is 0 Å². The first-order valence-corrected chi connectivity index (χ1v) is 4.86. The molecule has 0 aromatic heterocycles. The molecule has 2 rings (SSSR count). The fourth-order valence-corrected chi connectivity index (χ4v) is 2.98. The second-order valence-electron chi connectivity index (χ2n) is 4.15. The molecule has 0 radical (unpaired) electrons. The van der Waals surface area contributed by atoms with Gasteiger partial charge in [0.1, 0.15) is 0 Å². The SMILES string of the molecule is CN1CCCC12CCCC2ON. The first-order chi connectivity index (χ1) is 5.79. The van der Waals surface area contributed by atoms with Crippen LogP contribution < -0.4 is 5.90 Å². The highest BCUT2D eigenvalue weighted by Gasteiger charge is 2.48. The van der Waals surface area contributed by atoms with Crippen LogP contribution in [0.25, 0.3) is 0 Å². The molecule has 70 valence electrons. The van der Waals surface area contributed by atoms with Crippen molar-refractivity contribution in [3.8, 4) is 0 Å². The zero-order chi connectivity index (χ0) is 8.60. The minimum absolute atomic E-state index is 0.282. The van der Waals surface area contributed by atoms with Crippen LogP contribution in [0.4, 0.5) is 0 Å². The van der Waals surface area contributed by atoms with Crippen LogP contribution >= 0.6 is 0 Å². The Morgan fingerprint density at radius 3 is 2.75 bits per heavy atom. The van der Waals surface area contributed by atoms with E-state index in [1.54, 1.807) is 0 Å². The lowest BCUT2D eigenvalue weighted by Crippen LogP contribution is -2.49. The minimum Gasteiger partial charge on any atom is -0.299 e. The monoisotopic (exact) mass is 170 g/mol. The average molecular weight is 170 g/mol. The predicted molar refractivity (Wildman–Crippen MR) is 47.5 cm³/mol. The van der Waals surface area contributed by atoms with Gasteiger partial charge in [-0.1, -0.05) is 0 Å². The van der Waals surface area contributed by atoms with Crippen LogP contribution in [0.2, 0.25) is 0 Å². The molecule has 2 unspecified atom stereocenters. The molecule has 1 saturated heterocycles. The molecule has 2 fully saturated rings. The van der Waals surface area contributed by atoms with E-state index in [-0.39, 0.29) is 6.10 Å². The highest BCUT2D eigenvalue weighted by Crippen LogP contribution is 2.43. The second kappa shape index (κ2) is 2.98. The summed E-state index contributed by atoms with van der Waals surface area (Å²) in [5.74, 6) is 5.32. The van der Waals surface area contributed by atoms with Crippen molar-refractivity contribution >= 4 is 0 Å². The number of nitrogens with two attached hydrogens (primary N) is 1. The number of nitrogens with zero attached hydrogens (tertiary/aromatic N) is 1. The van der Waals surface area contributed by atoms with Gasteiger partial charge in [0.25, 0.3) is 0 Å². The Labute approximate surface area is 73.8 Å². The maximum Gasteiger partial charge on any atom is 0.0970 e. The maximum absolute atomic E-state index is 5.32. The Balaban J connectivity index is 2.17. The van der Waals surface area contributed by atoms with Crippen LogP contribution in [0.5, 0.6) is 0 Å². The van der Waals surface area contributed by atoms with Crippen molar-refractivity contribution in [2.45, 2.75) is 43.7 Å². The fourth-order valence-electron chi connectivity index (χ4n) is 2.98. The summed E-state index contributed by atoms with van der Waals surface area (Å²) >= 11 is 0. The van der Waals surface area contributed by atoms with Gasteiger partial charge in [0.2, 0.25) is 0 Å². The van der Waals surface area contributed by atoms with Gasteiger partial charge in [-0.15, -0.1) is 0 Å². The van der Waals surface area contributed by atoms with E-state index in [2.05, 4.69) is 11.9 Å². The summed E-state index contributed by atoms with van der Waals surface area (Å²) < 4.78 is 0. The third-order valence-corrected chi connectivity index (χ3v) is 3.70. The summed E-state index contributed by atoms with van der Waals surface area (Å²) in [5.41, 5.74) is 0.300. The van der Waals surface area contributed by atoms with Gasteiger partial charge in [0.15, 0.2) is 0 Å². The molecule has 1 spiro atoms. The summed E-state index contributed by atoms with van der Waals surface area (Å²) in [4.78, 5) is 7.52. The summed E-state index contributed by atoms with van der Waals surface area (Å²) in [6.45, 7) is 1.21. The molecular formula is C9H18N2O. The van der Waals surface area contributed by atoms with Gasteiger partial charge in [0.05, 0.1) is 6.10 Å². The number of hydrogen-bond acceptors (Lipinski definition) is 3. The molecule has 1 aliphatic carbocycles. The van der Waals surface area contributed by atoms with E-state index in [1.165, 1.54) is 32.2 Å². The van der Waals surface area contributed by atoms with Gasteiger partial charge in [-0.05, 0) is 45.7 Å². The van der Waals surface area contributed by atoms with Gasteiger partial charge in [-0.25, -0.2) is 5.90 Å². The van der Waals surface area contributed by atoms with Crippen LogP contribution in [0.3, 0.4) is 0 Å². The molecular weight excluding hydrogens is 152 g/mol. The lowest BCUT2D eigenvalue weighted by molar-refractivity contribution is -0.0324. The molecule has 2 atom stereocenters. The molecule has 12 heavy (non-hydrogen) atoms. The quantitative estimate of drug-likeness (QED) is 0.594. The normalized spacial score (nSPS) is 43.0. The standard InChI is InChI=1S/C9H18N2O/c1-11-7-3-6-9(11)5-2-4-8(9)12-10/h8H,2-7,10H2,1H3. The molecule has 0 amide bonds. The number of rotatable bonds is 1. The predicted octanol–water partition coefficient (Wildman–Crippen LogP) is 0.894. The molecule has 2 aliphatic rings. The Kier molecular flexibility index (Phi) is 2.10. The van der Waals surface area contributed by atoms with Crippen molar-refractivity contribution in [2.75, 3.05) is 13.6 Å². The van der Waals surface area contributed by atoms with E-state index in [0.29, 0.717) is 5.54 Å².